The van der Waals surface area contributed by atoms with Gasteiger partial charge in [0.2, 0.25) is 11.8 Å². The molecular weight excluding hydrogens is 470 g/mol. The first-order chi connectivity index (χ1) is 17.5. The summed E-state index contributed by atoms with van der Waals surface area (Å²) < 4.78 is 5.42. The van der Waals surface area contributed by atoms with Crippen molar-refractivity contribution in [3.63, 3.8) is 0 Å². The maximum absolute atomic E-state index is 14.0. The lowest BCUT2D eigenvalue weighted by Gasteiger charge is -2.36. The van der Waals surface area contributed by atoms with Gasteiger partial charge < -0.3 is 25.4 Å². The third-order valence-electron chi connectivity index (χ3n) is 6.75. The van der Waals surface area contributed by atoms with Gasteiger partial charge in [-0.15, -0.1) is 0 Å². The van der Waals surface area contributed by atoms with Crippen LogP contribution in [0.5, 0.6) is 0 Å². The number of carbonyl (C=O) groups is 3. The lowest BCUT2D eigenvalue weighted by molar-refractivity contribution is -0.144. The van der Waals surface area contributed by atoms with E-state index in [-0.39, 0.29) is 31.0 Å². The van der Waals surface area contributed by atoms with E-state index in [1.54, 1.807) is 32.9 Å². The number of amides is 3. The van der Waals surface area contributed by atoms with Gasteiger partial charge in [-0.1, -0.05) is 70.4 Å². The van der Waals surface area contributed by atoms with Crippen LogP contribution < -0.4 is 10.6 Å². The second-order valence-electron chi connectivity index (χ2n) is 10.9. The predicted octanol–water partition coefficient (Wildman–Crippen LogP) is 4.58. The van der Waals surface area contributed by atoms with Crippen molar-refractivity contribution < 1.29 is 24.2 Å². The summed E-state index contributed by atoms with van der Waals surface area (Å²) in [5.74, 6) is -0.972. The Kier molecular flexibility index (Phi) is 11.6. The van der Waals surface area contributed by atoms with Gasteiger partial charge in [0.05, 0.1) is 6.61 Å². The van der Waals surface area contributed by atoms with Gasteiger partial charge in [0.25, 0.3) is 0 Å². The number of benzene rings is 1. The first-order valence-corrected chi connectivity index (χ1v) is 13.4. The molecule has 2 rings (SSSR count). The molecule has 206 valence electrons. The molecule has 0 radical (unpaired) electrons. The molecule has 3 N–H and O–H groups in total. The fraction of sp³-hybridized carbons (Fsp3) is 0.621. The van der Waals surface area contributed by atoms with Crippen molar-refractivity contribution in [3.8, 4) is 0 Å². The number of aliphatic hydroxyl groups is 1. The van der Waals surface area contributed by atoms with Crippen LogP contribution in [0, 0.1) is 5.92 Å². The Morgan fingerprint density at radius 2 is 1.89 bits per heavy atom. The van der Waals surface area contributed by atoms with Crippen LogP contribution >= 0.6 is 0 Å². The van der Waals surface area contributed by atoms with Crippen molar-refractivity contribution >= 4 is 24.0 Å². The molecule has 0 spiro atoms. The summed E-state index contributed by atoms with van der Waals surface area (Å²) in [6.45, 7) is 12.5. The van der Waals surface area contributed by atoms with Gasteiger partial charge in [0.15, 0.2) is 0 Å². The number of rotatable bonds is 11. The summed E-state index contributed by atoms with van der Waals surface area (Å²) in [7, 11) is 0. The van der Waals surface area contributed by atoms with Crippen molar-refractivity contribution in [2.24, 2.45) is 5.92 Å². The third kappa shape index (κ3) is 9.18. The van der Waals surface area contributed by atoms with Gasteiger partial charge >= 0.3 is 6.09 Å². The quantitative estimate of drug-likeness (QED) is 0.400. The Morgan fingerprint density at radius 1 is 1.22 bits per heavy atom. The van der Waals surface area contributed by atoms with Crippen LogP contribution in [0.25, 0.3) is 6.08 Å². The maximum Gasteiger partial charge on any atom is 0.408 e. The van der Waals surface area contributed by atoms with Gasteiger partial charge in [0, 0.05) is 12.6 Å². The minimum atomic E-state index is -0.978. The van der Waals surface area contributed by atoms with E-state index in [4.69, 9.17) is 4.74 Å². The topological polar surface area (TPSA) is 108 Å². The van der Waals surface area contributed by atoms with Crippen LogP contribution in [0.4, 0.5) is 4.79 Å². The molecule has 8 nitrogen and oxygen atoms in total. The largest absolute Gasteiger partial charge is 0.444 e. The summed E-state index contributed by atoms with van der Waals surface area (Å²) in [4.78, 5) is 41.9. The highest BCUT2D eigenvalue weighted by atomic mass is 16.6. The second kappa shape index (κ2) is 14.2. The summed E-state index contributed by atoms with van der Waals surface area (Å²) in [5, 5.41) is 15.8. The number of hydrogen-bond acceptors (Lipinski definition) is 5. The molecule has 3 amide bonds. The third-order valence-corrected chi connectivity index (χ3v) is 6.75. The normalized spacial score (nSPS) is 16.7. The maximum atomic E-state index is 14.0. The molecule has 3 unspecified atom stereocenters. The van der Waals surface area contributed by atoms with E-state index in [0.717, 1.165) is 37.7 Å². The summed E-state index contributed by atoms with van der Waals surface area (Å²) >= 11 is 0. The number of carbonyl (C=O) groups excluding carboxylic acids is 3. The molecule has 3 atom stereocenters. The Hall–Kier alpha value is -2.87. The Morgan fingerprint density at radius 3 is 2.46 bits per heavy atom. The zero-order chi connectivity index (χ0) is 27.6. The Labute approximate surface area is 221 Å². The average molecular weight is 516 g/mol. The predicted molar refractivity (Wildman–Crippen MR) is 146 cm³/mol. The minimum Gasteiger partial charge on any atom is -0.444 e. The molecule has 37 heavy (non-hydrogen) atoms. The van der Waals surface area contributed by atoms with Gasteiger partial charge in [0.1, 0.15) is 17.7 Å². The van der Waals surface area contributed by atoms with Crippen LogP contribution in [0.3, 0.4) is 0 Å². The molecule has 1 saturated carbocycles. The van der Waals surface area contributed by atoms with E-state index >= 15 is 0 Å². The SMILES string of the molecule is C=Cc1cccc(C(C(=O)NC2CCCCC2)N(CCO)C(=O)C(NC(=O)OC(C)(C)C)C(C)CC)c1. The van der Waals surface area contributed by atoms with Crippen molar-refractivity contribution in [2.45, 2.75) is 96.9 Å². The summed E-state index contributed by atoms with van der Waals surface area (Å²) in [6.07, 6.45) is 6.65. The molecule has 0 bridgehead atoms. The number of nitrogens with one attached hydrogen (secondary N) is 2. The average Bonchev–Trinajstić information content (AvgIpc) is 2.85. The van der Waals surface area contributed by atoms with E-state index in [0.29, 0.717) is 12.0 Å². The molecule has 1 aromatic rings. The van der Waals surface area contributed by atoms with Gasteiger partial charge in [-0.3, -0.25) is 9.59 Å². The number of ether oxygens (including phenoxy) is 1. The van der Waals surface area contributed by atoms with Crippen LogP contribution in [0.2, 0.25) is 0 Å². The van der Waals surface area contributed by atoms with E-state index in [2.05, 4.69) is 17.2 Å². The highest BCUT2D eigenvalue weighted by molar-refractivity contribution is 5.92. The number of nitrogens with zero attached hydrogens (tertiary/aromatic N) is 1. The number of hydrogen-bond donors (Lipinski definition) is 3. The lowest BCUT2D eigenvalue weighted by Crippen LogP contribution is -2.56. The highest BCUT2D eigenvalue weighted by Crippen LogP contribution is 2.27. The molecule has 1 aliphatic carbocycles. The van der Waals surface area contributed by atoms with Crippen molar-refractivity contribution in [1.82, 2.24) is 15.5 Å². The first-order valence-electron chi connectivity index (χ1n) is 13.4. The number of aliphatic hydroxyl groups excluding tert-OH is 1. The van der Waals surface area contributed by atoms with Crippen molar-refractivity contribution in [2.75, 3.05) is 13.2 Å². The zero-order valence-electron chi connectivity index (χ0n) is 23.1. The van der Waals surface area contributed by atoms with E-state index in [9.17, 15) is 19.5 Å². The monoisotopic (exact) mass is 515 g/mol. The molecule has 1 fully saturated rings. The fourth-order valence-electron chi connectivity index (χ4n) is 4.63. The van der Waals surface area contributed by atoms with Crippen molar-refractivity contribution in [1.29, 1.82) is 0 Å². The van der Waals surface area contributed by atoms with Crippen LogP contribution in [0.1, 0.15) is 90.3 Å². The smallest absolute Gasteiger partial charge is 0.408 e. The summed E-state index contributed by atoms with van der Waals surface area (Å²) in [6, 6.07) is 5.46. The molecule has 1 aliphatic rings. The van der Waals surface area contributed by atoms with Gasteiger partial charge in [-0.05, 0) is 56.7 Å². The fourth-order valence-corrected chi connectivity index (χ4v) is 4.63. The zero-order valence-corrected chi connectivity index (χ0v) is 23.1. The van der Waals surface area contributed by atoms with Crippen molar-refractivity contribution in [3.05, 3.63) is 42.0 Å². The molecule has 0 heterocycles. The van der Waals surface area contributed by atoms with E-state index in [1.807, 2.05) is 32.0 Å². The van der Waals surface area contributed by atoms with Gasteiger partial charge in [-0.25, -0.2) is 4.79 Å². The molecule has 0 aromatic heterocycles. The Balaban J connectivity index is 2.47. The molecule has 0 saturated heterocycles. The second-order valence-corrected chi connectivity index (χ2v) is 10.9. The van der Waals surface area contributed by atoms with Crippen LogP contribution in [-0.2, 0) is 14.3 Å². The lowest BCUT2D eigenvalue weighted by atomic mass is 9.93. The molecular formula is C29H45N3O5. The van der Waals surface area contributed by atoms with Gasteiger partial charge in [-0.2, -0.15) is 0 Å². The van der Waals surface area contributed by atoms with Crippen LogP contribution in [0.15, 0.2) is 30.8 Å². The molecule has 1 aromatic carbocycles. The first kappa shape index (κ1) is 30.4. The van der Waals surface area contributed by atoms with Crippen LogP contribution in [-0.4, -0.2) is 58.8 Å². The Bertz CT molecular complexity index is 920. The highest BCUT2D eigenvalue weighted by Gasteiger charge is 2.38. The van der Waals surface area contributed by atoms with E-state index in [1.165, 1.54) is 4.90 Å². The molecule has 8 heteroatoms. The minimum absolute atomic E-state index is 0.0441. The number of alkyl carbamates (subject to hydrolysis) is 1. The molecule has 0 aliphatic heterocycles. The van der Waals surface area contributed by atoms with E-state index < -0.39 is 29.7 Å². The summed E-state index contributed by atoms with van der Waals surface area (Å²) in [5.41, 5.74) is 0.702. The standard InChI is InChI=1S/C29H45N3O5/c1-7-20(3)24(31-28(36)37-29(4,5)6)27(35)32(17-18-33)25(22-14-12-13-21(8-2)19-22)26(34)30-23-15-10-9-11-16-23/h8,12-14,19-20,23-25,33H,2,7,9-11,15-18H2,1,3-6H3,(H,30,34)(H,31,36).